The lowest BCUT2D eigenvalue weighted by atomic mass is 9.86. The Morgan fingerprint density at radius 1 is 1.26 bits per heavy atom. The van der Waals surface area contributed by atoms with Gasteiger partial charge in [0.15, 0.2) is 0 Å². The van der Waals surface area contributed by atoms with E-state index < -0.39 is 23.4 Å². The van der Waals surface area contributed by atoms with E-state index in [0.29, 0.717) is 5.69 Å². The SMILES string of the molecule is CC(C)(C)OC(=O)NC1CC(Nc2ccc(F)c(C(N)=O)c2)C1. The number of alkyl carbamates (subject to hydrolysis) is 1. The number of nitrogens with two attached hydrogens (primary N) is 1. The molecule has 0 spiro atoms. The zero-order chi connectivity index (χ0) is 17.2. The number of hydrogen-bond acceptors (Lipinski definition) is 4. The van der Waals surface area contributed by atoms with Crippen LogP contribution in [0.3, 0.4) is 0 Å². The molecule has 2 amide bonds. The Bertz CT molecular complexity index is 607. The van der Waals surface area contributed by atoms with Gasteiger partial charge in [0.1, 0.15) is 11.4 Å². The van der Waals surface area contributed by atoms with Gasteiger partial charge in [-0.1, -0.05) is 0 Å². The number of benzene rings is 1. The number of carbonyl (C=O) groups is 2. The van der Waals surface area contributed by atoms with Gasteiger partial charge in [-0.05, 0) is 51.8 Å². The molecule has 1 aliphatic rings. The van der Waals surface area contributed by atoms with E-state index in [-0.39, 0.29) is 17.6 Å². The molecule has 1 aromatic rings. The fourth-order valence-corrected chi connectivity index (χ4v) is 2.37. The fourth-order valence-electron chi connectivity index (χ4n) is 2.37. The van der Waals surface area contributed by atoms with Crippen LogP contribution >= 0.6 is 0 Å². The minimum Gasteiger partial charge on any atom is -0.444 e. The van der Waals surface area contributed by atoms with Gasteiger partial charge in [-0.25, -0.2) is 9.18 Å². The third-order valence-corrected chi connectivity index (χ3v) is 3.46. The Morgan fingerprint density at radius 3 is 2.48 bits per heavy atom. The first kappa shape index (κ1) is 17.1. The van der Waals surface area contributed by atoms with Crippen molar-refractivity contribution in [3.63, 3.8) is 0 Å². The number of halogens is 1. The van der Waals surface area contributed by atoms with Crippen LogP contribution in [0.5, 0.6) is 0 Å². The Kier molecular flexibility index (Phi) is 4.77. The van der Waals surface area contributed by atoms with Crippen LogP contribution in [0, 0.1) is 5.82 Å². The summed E-state index contributed by atoms with van der Waals surface area (Å²) in [6.45, 7) is 5.42. The Balaban J connectivity index is 1.81. The number of hydrogen-bond donors (Lipinski definition) is 3. The minimum absolute atomic E-state index is 0.0402. The van der Waals surface area contributed by atoms with Crippen LogP contribution in [0.1, 0.15) is 44.0 Å². The highest BCUT2D eigenvalue weighted by atomic mass is 19.1. The molecular weight excluding hydrogens is 301 g/mol. The van der Waals surface area contributed by atoms with E-state index >= 15 is 0 Å². The summed E-state index contributed by atoms with van der Waals surface area (Å²) in [6, 6.07) is 4.33. The number of rotatable bonds is 4. The molecule has 0 radical (unpaired) electrons. The molecule has 0 heterocycles. The maximum absolute atomic E-state index is 13.4. The first-order valence-electron chi connectivity index (χ1n) is 7.49. The average Bonchev–Trinajstić information content (AvgIpc) is 2.35. The number of amides is 2. The van der Waals surface area contributed by atoms with E-state index in [2.05, 4.69) is 10.6 Å². The summed E-state index contributed by atoms with van der Waals surface area (Å²) in [6.07, 6.45) is 1.02. The lowest BCUT2D eigenvalue weighted by Gasteiger charge is -2.37. The van der Waals surface area contributed by atoms with Gasteiger partial charge in [0.25, 0.3) is 5.91 Å². The molecule has 0 unspecified atom stereocenters. The molecule has 1 fully saturated rings. The number of anilines is 1. The van der Waals surface area contributed by atoms with Crippen LogP contribution in [-0.2, 0) is 4.74 Å². The van der Waals surface area contributed by atoms with Crippen molar-refractivity contribution < 1.29 is 18.7 Å². The topological polar surface area (TPSA) is 93.4 Å². The van der Waals surface area contributed by atoms with Gasteiger partial charge in [-0.15, -0.1) is 0 Å². The quantitative estimate of drug-likeness (QED) is 0.793. The molecule has 0 bridgehead atoms. The van der Waals surface area contributed by atoms with Gasteiger partial charge in [-0.3, -0.25) is 4.79 Å². The third-order valence-electron chi connectivity index (χ3n) is 3.46. The van der Waals surface area contributed by atoms with Crippen LogP contribution in [0.4, 0.5) is 14.9 Å². The Morgan fingerprint density at radius 2 is 1.91 bits per heavy atom. The van der Waals surface area contributed by atoms with Crippen LogP contribution in [0.25, 0.3) is 0 Å². The lowest BCUT2D eigenvalue weighted by molar-refractivity contribution is 0.0475. The summed E-state index contributed by atoms with van der Waals surface area (Å²) in [5.41, 5.74) is 5.08. The molecule has 1 saturated carbocycles. The fraction of sp³-hybridized carbons (Fsp3) is 0.500. The van der Waals surface area contributed by atoms with E-state index in [1.807, 2.05) is 20.8 Å². The number of nitrogens with one attached hydrogen (secondary N) is 2. The minimum atomic E-state index is -0.802. The van der Waals surface area contributed by atoms with Crippen molar-refractivity contribution in [1.82, 2.24) is 5.32 Å². The number of primary amides is 1. The molecule has 1 aliphatic carbocycles. The highest BCUT2D eigenvalue weighted by Crippen LogP contribution is 2.25. The highest BCUT2D eigenvalue weighted by Gasteiger charge is 2.31. The maximum Gasteiger partial charge on any atom is 0.407 e. The molecule has 126 valence electrons. The molecule has 23 heavy (non-hydrogen) atoms. The predicted molar refractivity (Wildman–Crippen MR) is 84.7 cm³/mol. The second-order valence-electron chi connectivity index (χ2n) is 6.71. The van der Waals surface area contributed by atoms with E-state index in [1.54, 1.807) is 6.07 Å². The predicted octanol–water partition coefficient (Wildman–Crippen LogP) is 2.39. The zero-order valence-electron chi connectivity index (χ0n) is 13.5. The molecule has 7 heteroatoms. The van der Waals surface area contributed by atoms with Crippen molar-refractivity contribution in [2.75, 3.05) is 5.32 Å². The van der Waals surface area contributed by atoms with Crippen molar-refractivity contribution in [2.45, 2.75) is 51.3 Å². The third kappa shape index (κ3) is 4.84. The molecule has 0 aromatic heterocycles. The van der Waals surface area contributed by atoms with Crippen LogP contribution in [0.15, 0.2) is 18.2 Å². The van der Waals surface area contributed by atoms with Gasteiger partial charge in [0.2, 0.25) is 0 Å². The highest BCUT2D eigenvalue weighted by molar-refractivity contribution is 5.94. The molecule has 1 aromatic carbocycles. The number of carbonyl (C=O) groups excluding carboxylic acids is 2. The van der Waals surface area contributed by atoms with Crippen LogP contribution in [-0.4, -0.2) is 29.7 Å². The van der Waals surface area contributed by atoms with Crippen molar-refractivity contribution in [3.8, 4) is 0 Å². The van der Waals surface area contributed by atoms with Gasteiger partial charge >= 0.3 is 6.09 Å². The van der Waals surface area contributed by atoms with E-state index in [0.717, 1.165) is 12.8 Å². The summed E-state index contributed by atoms with van der Waals surface area (Å²) >= 11 is 0. The maximum atomic E-state index is 13.4. The van der Waals surface area contributed by atoms with Gasteiger partial charge < -0.3 is 21.1 Å². The lowest BCUT2D eigenvalue weighted by Crippen LogP contribution is -2.50. The number of ether oxygens (including phenoxy) is 1. The summed E-state index contributed by atoms with van der Waals surface area (Å²) in [5.74, 6) is -1.44. The summed E-state index contributed by atoms with van der Waals surface area (Å²) in [4.78, 5) is 22.8. The van der Waals surface area contributed by atoms with E-state index in [1.165, 1.54) is 12.1 Å². The van der Waals surface area contributed by atoms with E-state index in [4.69, 9.17) is 10.5 Å². The van der Waals surface area contributed by atoms with Crippen molar-refractivity contribution in [3.05, 3.63) is 29.6 Å². The molecule has 2 rings (SSSR count). The second-order valence-corrected chi connectivity index (χ2v) is 6.71. The van der Waals surface area contributed by atoms with Gasteiger partial charge in [0.05, 0.1) is 5.56 Å². The normalized spacial score (nSPS) is 20.3. The smallest absolute Gasteiger partial charge is 0.407 e. The summed E-state index contributed by atoms with van der Waals surface area (Å²) in [5, 5.41) is 5.98. The van der Waals surface area contributed by atoms with Crippen molar-refractivity contribution in [2.24, 2.45) is 5.73 Å². The van der Waals surface area contributed by atoms with Crippen molar-refractivity contribution in [1.29, 1.82) is 0 Å². The van der Waals surface area contributed by atoms with Gasteiger partial charge in [-0.2, -0.15) is 0 Å². The van der Waals surface area contributed by atoms with Crippen LogP contribution < -0.4 is 16.4 Å². The van der Waals surface area contributed by atoms with Crippen molar-refractivity contribution >= 4 is 17.7 Å². The standard InChI is InChI=1S/C16H22FN3O3/c1-16(2,3)23-15(22)20-11-6-10(7-11)19-9-4-5-13(17)12(8-9)14(18)21/h4-5,8,10-11,19H,6-7H2,1-3H3,(H2,18,21)(H,20,22). The first-order chi connectivity index (χ1) is 10.6. The molecule has 0 aliphatic heterocycles. The molecule has 0 saturated heterocycles. The van der Waals surface area contributed by atoms with E-state index in [9.17, 15) is 14.0 Å². The average molecular weight is 323 g/mol. The largest absolute Gasteiger partial charge is 0.444 e. The zero-order valence-corrected chi connectivity index (χ0v) is 13.5. The molecule has 4 N–H and O–H groups in total. The molecule has 0 atom stereocenters. The summed E-state index contributed by atoms with van der Waals surface area (Å²) < 4.78 is 18.6. The first-order valence-corrected chi connectivity index (χ1v) is 7.49. The Hall–Kier alpha value is -2.31. The molecule has 6 nitrogen and oxygen atoms in total. The molecular formula is C16H22FN3O3. The van der Waals surface area contributed by atoms with Gasteiger partial charge in [0, 0.05) is 17.8 Å². The second kappa shape index (κ2) is 6.44. The monoisotopic (exact) mass is 323 g/mol. The Labute approximate surface area is 134 Å². The summed E-state index contributed by atoms with van der Waals surface area (Å²) in [7, 11) is 0. The van der Waals surface area contributed by atoms with Crippen LogP contribution in [0.2, 0.25) is 0 Å².